The maximum atomic E-state index is 14.6. The summed E-state index contributed by atoms with van der Waals surface area (Å²) < 4.78 is 67.4. The van der Waals surface area contributed by atoms with Gasteiger partial charge in [-0.15, -0.1) is 0 Å². The smallest absolute Gasteiger partial charge is 0.281 e. The summed E-state index contributed by atoms with van der Waals surface area (Å²) in [6.07, 6.45) is 1.28. The van der Waals surface area contributed by atoms with E-state index in [9.17, 15) is 27.2 Å². The average molecular weight is 556 g/mol. The highest BCUT2D eigenvalue weighted by Crippen LogP contribution is 2.45. The molecule has 2 N–H and O–H groups in total. The van der Waals surface area contributed by atoms with Crippen LogP contribution in [-0.4, -0.2) is 21.9 Å². The van der Waals surface area contributed by atoms with Gasteiger partial charge in [-0.25, -0.2) is 22.6 Å². The normalized spacial score (nSPS) is 14.8. The Morgan fingerprint density at radius 2 is 1.67 bits per heavy atom. The van der Waals surface area contributed by atoms with Crippen molar-refractivity contribution in [2.24, 2.45) is 10.8 Å². The minimum absolute atomic E-state index is 0.128. The Bertz CT molecular complexity index is 1580. The number of rotatable bonds is 7. The Hall–Kier alpha value is -4.58. The van der Waals surface area contributed by atoms with Gasteiger partial charge in [0, 0.05) is 23.3 Å². The molecule has 5 rings (SSSR count). The van der Waals surface area contributed by atoms with E-state index in [0.29, 0.717) is 23.3 Å². The zero-order valence-electron chi connectivity index (χ0n) is 19.7. The molecule has 2 heterocycles. The number of furan rings is 1. The van der Waals surface area contributed by atoms with E-state index in [4.69, 9.17) is 14.9 Å². The third-order valence-corrected chi connectivity index (χ3v) is 6.94. The van der Waals surface area contributed by atoms with Crippen molar-refractivity contribution in [1.82, 2.24) is 5.01 Å². The zero-order valence-corrected chi connectivity index (χ0v) is 20.6. The predicted molar refractivity (Wildman–Crippen MR) is 134 cm³/mol. The fourth-order valence-corrected chi connectivity index (χ4v) is 5.07. The summed E-state index contributed by atoms with van der Waals surface area (Å²) in [5.41, 5.74) is 5.31. The lowest BCUT2D eigenvalue weighted by molar-refractivity contribution is 0.0736. The standard InChI is InChI=1S/C27H17F4N3O4S/c28-15-7-5-14(6-8-15)25-33-34(26(36)23-19(30)11-16(29)12-20(23)31)27(39-25)18-3-1-2-4-21(18)38-13-22-17(24(32)35)9-10-37-22/h1-12,27H,13H2,(H2,32,35). The highest BCUT2D eigenvalue weighted by atomic mass is 32.2. The first-order chi connectivity index (χ1) is 18.7. The Balaban J connectivity index is 1.53. The number of nitrogens with zero attached hydrogens (tertiary/aromatic N) is 2. The number of carbonyl (C=O) groups is 2. The zero-order chi connectivity index (χ0) is 27.7. The molecule has 198 valence electrons. The summed E-state index contributed by atoms with van der Waals surface area (Å²) >= 11 is 1.05. The van der Waals surface area contributed by atoms with E-state index in [0.717, 1.165) is 16.8 Å². The second kappa shape index (κ2) is 10.7. The van der Waals surface area contributed by atoms with Crippen LogP contribution in [0, 0.1) is 23.3 Å². The molecule has 1 aliphatic rings. The van der Waals surface area contributed by atoms with Gasteiger partial charge in [-0.2, -0.15) is 5.10 Å². The van der Waals surface area contributed by atoms with Crippen LogP contribution in [0.15, 0.2) is 82.5 Å². The molecule has 1 aromatic heterocycles. The molecule has 12 heteroatoms. The largest absolute Gasteiger partial charge is 0.485 e. The van der Waals surface area contributed by atoms with Crippen molar-refractivity contribution in [2.75, 3.05) is 0 Å². The summed E-state index contributed by atoms with van der Waals surface area (Å²) in [6, 6.07) is 14.0. The quantitative estimate of drug-likeness (QED) is 0.292. The molecule has 1 atom stereocenters. The number of hydrogen-bond acceptors (Lipinski definition) is 6. The molecule has 1 unspecified atom stereocenters. The summed E-state index contributed by atoms with van der Waals surface area (Å²) in [7, 11) is 0. The number of thioether (sulfide) groups is 1. The molecule has 0 aliphatic carbocycles. The van der Waals surface area contributed by atoms with Crippen LogP contribution in [0.3, 0.4) is 0 Å². The van der Waals surface area contributed by atoms with Gasteiger partial charge in [-0.1, -0.05) is 30.0 Å². The lowest BCUT2D eigenvalue weighted by atomic mass is 10.1. The number of para-hydroxylation sites is 1. The van der Waals surface area contributed by atoms with Crippen LogP contribution in [0.25, 0.3) is 0 Å². The first-order valence-electron chi connectivity index (χ1n) is 11.3. The van der Waals surface area contributed by atoms with Gasteiger partial charge in [0.25, 0.3) is 11.8 Å². The highest BCUT2D eigenvalue weighted by molar-refractivity contribution is 8.14. The van der Waals surface area contributed by atoms with Crippen LogP contribution >= 0.6 is 11.8 Å². The Morgan fingerprint density at radius 1 is 0.974 bits per heavy atom. The van der Waals surface area contributed by atoms with Crippen LogP contribution in [0.1, 0.15) is 43.0 Å². The van der Waals surface area contributed by atoms with Crippen LogP contribution in [-0.2, 0) is 6.61 Å². The molecule has 39 heavy (non-hydrogen) atoms. The summed E-state index contributed by atoms with van der Waals surface area (Å²) in [5, 5.41) is 4.41. The van der Waals surface area contributed by atoms with E-state index >= 15 is 0 Å². The number of nitrogens with two attached hydrogens (primary N) is 1. The van der Waals surface area contributed by atoms with Crippen molar-refractivity contribution in [2.45, 2.75) is 12.0 Å². The Labute approximate surface area is 222 Å². The molecule has 0 saturated heterocycles. The number of amides is 2. The van der Waals surface area contributed by atoms with Crippen molar-refractivity contribution in [3.8, 4) is 5.75 Å². The van der Waals surface area contributed by atoms with Crippen molar-refractivity contribution in [1.29, 1.82) is 0 Å². The molecular formula is C27H17F4N3O4S. The van der Waals surface area contributed by atoms with E-state index in [1.54, 1.807) is 24.3 Å². The molecule has 2 amide bonds. The number of carbonyl (C=O) groups excluding carboxylic acids is 2. The number of primary amides is 1. The van der Waals surface area contributed by atoms with E-state index in [1.807, 2.05) is 0 Å². The molecule has 4 aromatic rings. The lowest BCUT2D eigenvalue weighted by Crippen LogP contribution is -2.28. The van der Waals surface area contributed by atoms with Gasteiger partial charge in [0.05, 0.1) is 11.8 Å². The second-order valence-corrected chi connectivity index (χ2v) is 9.29. The number of halogens is 4. The summed E-state index contributed by atoms with van der Waals surface area (Å²) in [6.45, 7) is -0.194. The van der Waals surface area contributed by atoms with Crippen LogP contribution in [0.2, 0.25) is 0 Å². The van der Waals surface area contributed by atoms with Gasteiger partial charge in [-0.05, 0) is 36.4 Å². The summed E-state index contributed by atoms with van der Waals surface area (Å²) in [4.78, 5) is 25.1. The van der Waals surface area contributed by atoms with Crippen molar-refractivity contribution < 1.29 is 36.3 Å². The highest BCUT2D eigenvalue weighted by Gasteiger charge is 2.38. The number of hydrogen-bond donors (Lipinski definition) is 1. The Kier molecular flexibility index (Phi) is 7.11. The Morgan fingerprint density at radius 3 is 2.36 bits per heavy atom. The number of ether oxygens (including phenoxy) is 1. The molecule has 0 radical (unpaired) electrons. The van der Waals surface area contributed by atoms with Crippen molar-refractivity contribution >= 4 is 28.6 Å². The molecule has 0 bridgehead atoms. The van der Waals surface area contributed by atoms with Crippen LogP contribution < -0.4 is 10.5 Å². The lowest BCUT2D eigenvalue weighted by Gasteiger charge is -2.23. The minimum atomic E-state index is -1.40. The van der Waals surface area contributed by atoms with Gasteiger partial charge in [0.15, 0.2) is 5.76 Å². The monoisotopic (exact) mass is 555 g/mol. The molecule has 0 fully saturated rings. The molecule has 7 nitrogen and oxygen atoms in total. The van der Waals surface area contributed by atoms with E-state index < -0.39 is 46.0 Å². The van der Waals surface area contributed by atoms with Crippen molar-refractivity contribution in [3.05, 3.63) is 124 Å². The third-order valence-electron chi connectivity index (χ3n) is 5.72. The van der Waals surface area contributed by atoms with E-state index in [2.05, 4.69) is 5.10 Å². The fraction of sp³-hybridized carbons (Fsp3) is 0.0741. The number of benzene rings is 3. The first-order valence-corrected chi connectivity index (χ1v) is 12.2. The average Bonchev–Trinajstić information content (AvgIpc) is 3.55. The molecule has 0 saturated carbocycles. The maximum Gasteiger partial charge on any atom is 0.281 e. The van der Waals surface area contributed by atoms with Crippen LogP contribution in [0.5, 0.6) is 5.75 Å². The first kappa shape index (κ1) is 26.0. The fourth-order valence-electron chi connectivity index (χ4n) is 3.89. The topological polar surface area (TPSA) is 98.1 Å². The van der Waals surface area contributed by atoms with Gasteiger partial charge in [0.1, 0.15) is 51.6 Å². The van der Waals surface area contributed by atoms with E-state index in [-0.39, 0.29) is 28.7 Å². The second-order valence-electron chi connectivity index (χ2n) is 8.22. The molecular weight excluding hydrogens is 538 g/mol. The maximum absolute atomic E-state index is 14.6. The van der Waals surface area contributed by atoms with E-state index in [1.165, 1.54) is 36.6 Å². The molecule has 1 aliphatic heterocycles. The molecule has 3 aromatic carbocycles. The minimum Gasteiger partial charge on any atom is -0.485 e. The third kappa shape index (κ3) is 5.23. The van der Waals surface area contributed by atoms with Crippen molar-refractivity contribution in [3.63, 3.8) is 0 Å². The van der Waals surface area contributed by atoms with Gasteiger partial charge in [-0.3, -0.25) is 9.59 Å². The van der Waals surface area contributed by atoms with Gasteiger partial charge < -0.3 is 14.9 Å². The van der Waals surface area contributed by atoms with Gasteiger partial charge >= 0.3 is 0 Å². The SMILES string of the molecule is NC(=O)c1ccoc1COc1ccccc1C1SC(c2ccc(F)cc2)=NN1C(=O)c1c(F)cc(F)cc1F. The summed E-state index contributed by atoms with van der Waals surface area (Å²) in [5.74, 6) is -5.93. The van der Waals surface area contributed by atoms with Crippen LogP contribution in [0.4, 0.5) is 17.6 Å². The predicted octanol–water partition coefficient (Wildman–Crippen LogP) is 5.76. The number of hydrazone groups is 1. The molecule has 0 spiro atoms. The van der Waals surface area contributed by atoms with Gasteiger partial charge in [0.2, 0.25) is 0 Å².